The average Bonchev–Trinajstić information content (AvgIpc) is 3.08. The zero-order valence-corrected chi connectivity index (χ0v) is 12.0. The Kier molecular flexibility index (Phi) is 4.22. The summed E-state index contributed by atoms with van der Waals surface area (Å²) in [5, 5.41) is 13.3. The van der Waals surface area contributed by atoms with E-state index >= 15 is 0 Å². The maximum atomic E-state index is 11.8. The van der Waals surface area contributed by atoms with E-state index in [1.54, 1.807) is 0 Å². The van der Waals surface area contributed by atoms with Crippen LogP contribution in [-0.2, 0) is 9.59 Å². The number of nitrogens with one attached hydrogen (secondary N) is 1. The third-order valence-corrected chi connectivity index (χ3v) is 3.69. The van der Waals surface area contributed by atoms with Gasteiger partial charge in [-0.15, -0.1) is 0 Å². The minimum atomic E-state index is -1.05. The molecule has 20 heavy (non-hydrogen) atoms. The summed E-state index contributed by atoms with van der Waals surface area (Å²) in [5.41, 5.74) is 4.73. The number of hydrogen-bond donors (Lipinski definition) is 3. The molecule has 0 bridgehead atoms. The molecule has 1 atom stereocenters. The molecule has 0 saturated heterocycles. The van der Waals surface area contributed by atoms with Gasteiger partial charge in [-0.3, -0.25) is 9.59 Å². The molecule has 4 N–H and O–H groups in total. The number of nitrogens with two attached hydrogens (primary N) is 1. The number of amides is 2. The molecule has 1 aliphatic carbocycles. The van der Waals surface area contributed by atoms with Gasteiger partial charge in [-0.05, 0) is 36.6 Å². The van der Waals surface area contributed by atoms with Crippen molar-refractivity contribution < 1.29 is 14.7 Å². The van der Waals surface area contributed by atoms with Crippen molar-refractivity contribution in [3.05, 3.63) is 33.8 Å². The van der Waals surface area contributed by atoms with Gasteiger partial charge in [-0.2, -0.15) is 0 Å². The summed E-state index contributed by atoms with van der Waals surface area (Å²) in [7, 11) is 0. The fourth-order valence-electron chi connectivity index (χ4n) is 1.94. The smallest absolute Gasteiger partial charge is 0.243 e. The normalized spacial score (nSPS) is 17.4. The fourth-order valence-corrected chi connectivity index (χ4v) is 2.48. The molecular weight excluding hydrogens is 303 g/mol. The van der Waals surface area contributed by atoms with Crippen LogP contribution >= 0.6 is 23.2 Å². The van der Waals surface area contributed by atoms with Crippen LogP contribution in [0.2, 0.25) is 10.0 Å². The summed E-state index contributed by atoms with van der Waals surface area (Å²) in [6, 6.07) is 4.60. The molecule has 0 heterocycles. The lowest BCUT2D eigenvalue weighted by Gasteiger charge is -2.16. The monoisotopic (exact) mass is 316 g/mol. The topological polar surface area (TPSA) is 92.4 Å². The van der Waals surface area contributed by atoms with E-state index in [1.165, 1.54) is 18.2 Å². The predicted molar refractivity (Wildman–Crippen MR) is 75.3 cm³/mol. The third-order valence-electron chi connectivity index (χ3n) is 3.25. The quantitative estimate of drug-likeness (QED) is 0.769. The third kappa shape index (κ3) is 3.42. The van der Waals surface area contributed by atoms with E-state index in [9.17, 15) is 14.7 Å². The Balaban J connectivity index is 1.99. The van der Waals surface area contributed by atoms with E-state index in [0.29, 0.717) is 28.5 Å². The zero-order chi connectivity index (χ0) is 14.9. The van der Waals surface area contributed by atoms with Gasteiger partial charge < -0.3 is 16.2 Å². The van der Waals surface area contributed by atoms with Gasteiger partial charge in [0.2, 0.25) is 11.8 Å². The summed E-state index contributed by atoms with van der Waals surface area (Å²) in [5.74, 6) is -0.990. The van der Waals surface area contributed by atoms with Crippen molar-refractivity contribution in [2.45, 2.75) is 30.9 Å². The summed E-state index contributed by atoms with van der Waals surface area (Å²) in [4.78, 5) is 23.0. The largest absolute Gasteiger partial charge is 0.388 e. The van der Waals surface area contributed by atoms with Crippen LogP contribution in [0.4, 0.5) is 0 Å². The number of aliphatic hydroxyl groups excluding tert-OH is 1. The fraction of sp³-hybridized carbons (Fsp3) is 0.385. The number of carbonyl (C=O) groups is 2. The van der Waals surface area contributed by atoms with Crippen LogP contribution in [0.5, 0.6) is 0 Å². The predicted octanol–water partition coefficient (Wildman–Crippen LogP) is 1.55. The first kappa shape index (κ1) is 15.1. The summed E-state index contributed by atoms with van der Waals surface area (Å²) < 4.78 is 0. The lowest BCUT2D eigenvalue weighted by Crippen LogP contribution is -2.47. The molecule has 1 aliphatic rings. The minimum absolute atomic E-state index is 0.189. The standard InChI is InChI=1S/C13H14Cl2N2O3/c14-8-3-7(4-9(15)5-8)10(18)6-11(19)17-13(1-2-13)12(16)20/h3-5,10,18H,1-2,6H2,(H2,16,20)(H,17,19)/t10-/m0/s1. The molecule has 1 saturated carbocycles. The van der Waals surface area contributed by atoms with Crippen molar-refractivity contribution in [3.8, 4) is 0 Å². The molecule has 5 nitrogen and oxygen atoms in total. The van der Waals surface area contributed by atoms with Gasteiger partial charge in [0.15, 0.2) is 0 Å². The van der Waals surface area contributed by atoms with Crippen LogP contribution in [0.3, 0.4) is 0 Å². The highest BCUT2D eigenvalue weighted by atomic mass is 35.5. The first-order chi connectivity index (χ1) is 9.32. The molecule has 0 unspecified atom stereocenters. The second kappa shape index (κ2) is 5.60. The number of carbonyl (C=O) groups excluding carboxylic acids is 2. The molecule has 0 spiro atoms. The Morgan fingerprint density at radius 3 is 2.30 bits per heavy atom. The van der Waals surface area contributed by atoms with Gasteiger partial charge in [0.25, 0.3) is 0 Å². The average molecular weight is 317 g/mol. The van der Waals surface area contributed by atoms with Crippen molar-refractivity contribution in [3.63, 3.8) is 0 Å². The molecule has 0 radical (unpaired) electrons. The number of halogens is 2. The van der Waals surface area contributed by atoms with Crippen molar-refractivity contribution in [2.24, 2.45) is 5.73 Å². The van der Waals surface area contributed by atoms with E-state index in [1.807, 2.05) is 0 Å². The Labute approximate surface area is 126 Å². The second-order valence-corrected chi connectivity index (χ2v) is 5.79. The molecule has 108 valence electrons. The molecule has 1 aromatic carbocycles. The lowest BCUT2D eigenvalue weighted by molar-refractivity contribution is -0.129. The molecule has 7 heteroatoms. The molecule has 2 rings (SSSR count). The maximum Gasteiger partial charge on any atom is 0.243 e. The van der Waals surface area contributed by atoms with E-state index in [-0.39, 0.29) is 6.42 Å². The van der Waals surface area contributed by atoms with E-state index < -0.39 is 23.5 Å². The molecule has 0 aliphatic heterocycles. The zero-order valence-electron chi connectivity index (χ0n) is 10.5. The van der Waals surface area contributed by atoms with Crippen molar-refractivity contribution in [1.29, 1.82) is 0 Å². The number of hydrogen-bond acceptors (Lipinski definition) is 3. The van der Waals surface area contributed by atoms with Gasteiger partial charge in [0.1, 0.15) is 5.54 Å². The number of rotatable bonds is 5. The van der Waals surface area contributed by atoms with Crippen LogP contribution in [0.1, 0.15) is 30.9 Å². The van der Waals surface area contributed by atoms with Gasteiger partial charge in [-0.25, -0.2) is 0 Å². The van der Waals surface area contributed by atoms with Crippen molar-refractivity contribution >= 4 is 35.0 Å². The summed E-state index contributed by atoms with van der Waals surface area (Å²) in [6.07, 6.45) is -0.165. The first-order valence-electron chi connectivity index (χ1n) is 6.07. The Hall–Kier alpha value is -1.30. The Morgan fingerprint density at radius 1 is 1.30 bits per heavy atom. The number of primary amides is 1. The molecule has 1 aromatic rings. The highest BCUT2D eigenvalue weighted by Gasteiger charge is 2.49. The van der Waals surface area contributed by atoms with Crippen LogP contribution in [-0.4, -0.2) is 22.5 Å². The van der Waals surface area contributed by atoms with Crippen LogP contribution in [0.25, 0.3) is 0 Å². The van der Waals surface area contributed by atoms with Gasteiger partial charge in [0, 0.05) is 10.0 Å². The van der Waals surface area contributed by atoms with Gasteiger partial charge >= 0.3 is 0 Å². The molecule has 0 aromatic heterocycles. The molecule has 1 fully saturated rings. The summed E-state index contributed by atoms with van der Waals surface area (Å²) in [6.45, 7) is 0. The number of benzene rings is 1. The van der Waals surface area contributed by atoms with Crippen molar-refractivity contribution in [2.75, 3.05) is 0 Å². The van der Waals surface area contributed by atoms with Gasteiger partial charge in [-0.1, -0.05) is 23.2 Å². The van der Waals surface area contributed by atoms with Gasteiger partial charge in [0.05, 0.1) is 12.5 Å². The van der Waals surface area contributed by atoms with E-state index in [2.05, 4.69) is 5.32 Å². The minimum Gasteiger partial charge on any atom is -0.388 e. The SMILES string of the molecule is NC(=O)C1(NC(=O)C[C@H](O)c2cc(Cl)cc(Cl)c2)CC1. The lowest BCUT2D eigenvalue weighted by atomic mass is 10.1. The molecule has 2 amide bonds. The van der Waals surface area contributed by atoms with Crippen LogP contribution in [0.15, 0.2) is 18.2 Å². The highest BCUT2D eigenvalue weighted by molar-refractivity contribution is 6.34. The first-order valence-corrected chi connectivity index (χ1v) is 6.83. The Morgan fingerprint density at radius 2 is 1.85 bits per heavy atom. The second-order valence-electron chi connectivity index (χ2n) is 4.92. The molecular formula is C13H14Cl2N2O3. The Bertz CT molecular complexity index is 538. The number of aliphatic hydroxyl groups is 1. The van der Waals surface area contributed by atoms with Crippen LogP contribution in [0, 0.1) is 0 Å². The van der Waals surface area contributed by atoms with Crippen LogP contribution < -0.4 is 11.1 Å². The van der Waals surface area contributed by atoms with Crippen molar-refractivity contribution in [1.82, 2.24) is 5.32 Å². The van der Waals surface area contributed by atoms with E-state index in [0.717, 1.165) is 0 Å². The maximum absolute atomic E-state index is 11.8. The highest BCUT2D eigenvalue weighted by Crippen LogP contribution is 2.35. The van der Waals surface area contributed by atoms with E-state index in [4.69, 9.17) is 28.9 Å². The summed E-state index contributed by atoms with van der Waals surface area (Å²) >= 11 is 11.7.